The molecule has 1 saturated heterocycles. The molecule has 0 saturated carbocycles. The number of benzene rings is 3. The van der Waals surface area contributed by atoms with E-state index in [9.17, 15) is 24.5 Å². The standard InChI is InChI=1S/C29H23Cl2N3O7/c1-3-6-18-11-17(13-25(40-4-2)26(18)41-16-19-9-10-20(30)14-24(19)31)12-23-27(35)32-29(37)33(28(23)36)21-7-5-8-22(15-21)34(38)39/h3,5,7-15H,1,4,6,16H2,2H3,(H,32,35,37)/b23-12+. The van der Waals surface area contributed by atoms with Gasteiger partial charge in [-0.25, -0.2) is 9.69 Å². The molecule has 1 aliphatic heterocycles. The normalized spacial score (nSPS) is 14.2. The van der Waals surface area contributed by atoms with Crippen molar-refractivity contribution in [1.29, 1.82) is 0 Å². The van der Waals surface area contributed by atoms with E-state index in [0.29, 0.717) is 56.2 Å². The summed E-state index contributed by atoms with van der Waals surface area (Å²) in [5, 5.41) is 14.2. The number of hydrogen-bond donors (Lipinski definition) is 1. The first-order valence-electron chi connectivity index (χ1n) is 12.3. The number of urea groups is 1. The van der Waals surface area contributed by atoms with Gasteiger partial charge in [-0.05, 0) is 55.3 Å². The minimum atomic E-state index is -1.02. The minimum absolute atomic E-state index is 0.0629. The van der Waals surface area contributed by atoms with Gasteiger partial charge in [0.15, 0.2) is 11.5 Å². The lowest BCUT2D eigenvalue weighted by atomic mass is 10.0. The smallest absolute Gasteiger partial charge is 0.335 e. The van der Waals surface area contributed by atoms with Gasteiger partial charge < -0.3 is 9.47 Å². The first-order chi connectivity index (χ1) is 19.6. The molecule has 3 aromatic carbocycles. The van der Waals surface area contributed by atoms with Crippen LogP contribution in [0.2, 0.25) is 10.0 Å². The largest absolute Gasteiger partial charge is 0.490 e. The van der Waals surface area contributed by atoms with Gasteiger partial charge in [0, 0.05) is 33.3 Å². The summed E-state index contributed by atoms with van der Waals surface area (Å²) in [7, 11) is 0. The van der Waals surface area contributed by atoms with E-state index in [0.717, 1.165) is 6.07 Å². The molecule has 10 nitrogen and oxygen atoms in total. The average Bonchev–Trinajstić information content (AvgIpc) is 2.92. The molecule has 0 aromatic heterocycles. The zero-order chi connectivity index (χ0) is 29.7. The number of ether oxygens (including phenoxy) is 2. The molecule has 0 atom stereocenters. The van der Waals surface area contributed by atoms with Crippen LogP contribution in [-0.4, -0.2) is 29.4 Å². The van der Waals surface area contributed by atoms with Gasteiger partial charge in [-0.2, -0.15) is 0 Å². The third-order valence-corrected chi connectivity index (χ3v) is 6.50. The van der Waals surface area contributed by atoms with Crippen molar-refractivity contribution in [3.63, 3.8) is 0 Å². The maximum Gasteiger partial charge on any atom is 0.335 e. The summed E-state index contributed by atoms with van der Waals surface area (Å²) >= 11 is 12.3. The van der Waals surface area contributed by atoms with Crippen LogP contribution in [0, 0.1) is 10.1 Å². The van der Waals surface area contributed by atoms with Crippen molar-refractivity contribution in [3.05, 3.63) is 110 Å². The Hall–Kier alpha value is -4.67. The molecule has 12 heteroatoms. The fourth-order valence-corrected chi connectivity index (χ4v) is 4.56. The number of barbiturate groups is 1. The van der Waals surface area contributed by atoms with Crippen molar-refractivity contribution in [2.45, 2.75) is 20.0 Å². The van der Waals surface area contributed by atoms with E-state index in [1.807, 2.05) is 0 Å². The number of nitro benzene ring substituents is 1. The number of anilines is 1. The van der Waals surface area contributed by atoms with Crippen LogP contribution in [0.25, 0.3) is 6.08 Å². The van der Waals surface area contributed by atoms with E-state index in [1.165, 1.54) is 24.3 Å². The predicted molar refractivity (Wildman–Crippen MR) is 154 cm³/mol. The highest BCUT2D eigenvalue weighted by Gasteiger charge is 2.37. The Morgan fingerprint density at radius 3 is 2.51 bits per heavy atom. The molecular formula is C29H23Cl2N3O7. The fraction of sp³-hybridized carbons (Fsp3) is 0.138. The molecule has 0 spiro atoms. The van der Waals surface area contributed by atoms with Gasteiger partial charge in [0.2, 0.25) is 0 Å². The summed E-state index contributed by atoms with van der Waals surface area (Å²) < 4.78 is 11.9. The molecule has 4 rings (SSSR count). The molecule has 1 heterocycles. The topological polar surface area (TPSA) is 128 Å². The van der Waals surface area contributed by atoms with Crippen molar-refractivity contribution in [2.75, 3.05) is 11.5 Å². The third-order valence-electron chi connectivity index (χ3n) is 5.92. The predicted octanol–water partition coefficient (Wildman–Crippen LogP) is 6.27. The number of allylic oxidation sites excluding steroid dienone is 1. The van der Waals surface area contributed by atoms with E-state index in [2.05, 4.69) is 11.9 Å². The van der Waals surface area contributed by atoms with Crippen molar-refractivity contribution >= 4 is 58.5 Å². The number of rotatable bonds is 10. The highest BCUT2D eigenvalue weighted by atomic mass is 35.5. The lowest BCUT2D eigenvalue weighted by Gasteiger charge is -2.26. The highest BCUT2D eigenvalue weighted by Crippen LogP contribution is 2.36. The molecule has 1 fully saturated rings. The Bertz CT molecular complexity index is 1600. The number of nitro groups is 1. The second kappa shape index (κ2) is 12.7. The Kier molecular flexibility index (Phi) is 9.06. The summed E-state index contributed by atoms with van der Waals surface area (Å²) in [6, 6.07) is 12.3. The number of imide groups is 2. The van der Waals surface area contributed by atoms with E-state index in [-0.39, 0.29) is 23.6 Å². The second-order valence-corrected chi connectivity index (χ2v) is 9.54. The maximum absolute atomic E-state index is 13.3. The molecule has 0 bridgehead atoms. The van der Waals surface area contributed by atoms with Gasteiger partial charge in [0.25, 0.3) is 17.5 Å². The van der Waals surface area contributed by atoms with Crippen LogP contribution in [0.1, 0.15) is 23.6 Å². The molecule has 1 aliphatic rings. The maximum atomic E-state index is 13.3. The number of halogens is 2. The Balaban J connectivity index is 1.73. The molecule has 0 unspecified atom stereocenters. The molecule has 0 radical (unpaired) electrons. The third kappa shape index (κ3) is 6.56. The number of hydrogen-bond acceptors (Lipinski definition) is 7. The average molecular weight is 596 g/mol. The van der Waals surface area contributed by atoms with Crippen LogP contribution in [-0.2, 0) is 22.6 Å². The number of amides is 4. The van der Waals surface area contributed by atoms with Gasteiger partial charge >= 0.3 is 6.03 Å². The van der Waals surface area contributed by atoms with Gasteiger partial charge in [0.1, 0.15) is 12.2 Å². The van der Waals surface area contributed by atoms with E-state index in [4.69, 9.17) is 32.7 Å². The first kappa shape index (κ1) is 29.3. The molecular weight excluding hydrogens is 573 g/mol. The number of carbonyl (C=O) groups is 3. The number of nitrogens with one attached hydrogen (secondary N) is 1. The molecule has 41 heavy (non-hydrogen) atoms. The zero-order valence-electron chi connectivity index (χ0n) is 21.7. The first-order valence-corrected chi connectivity index (χ1v) is 13.0. The molecule has 3 aromatic rings. The van der Waals surface area contributed by atoms with Crippen LogP contribution >= 0.6 is 23.2 Å². The Morgan fingerprint density at radius 1 is 1.05 bits per heavy atom. The lowest BCUT2D eigenvalue weighted by molar-refractivity contribution is -0.384. The van der Waals surface area contributed by atoms with Crippen molar-refractivity contribution < 1.29 is 28.8 Å². The van der Waals surface area contributed by atoms with E-state index >= 15 is 0 Å². The fourth-order valence-electron chi connectivity index (χ4n) is 4.09. The zero-order valence-corrected chi connectivity index (χ0v) is 23.2. The van der Waals surface area contributed by atoms with Crippen LogP contribution < -0.4 is 19.7 Å². The molecule has 4 amide bonds. The number of nitrogens with zero attached hydrogens (tertiary/aromatic N) is 2. The quantitative estimate of drug-likeness (QED) is 0.0960. The van der Waals surface area contributed by atoms with Crippen LogP contribution in [0.4, 0.5) is 16.2 Å². The van der Waals surface area contributed by atoms with Gasteiger partial charge in [-0.3, -0.25) is 25.0 Å². The van der Waals surface area contributed by atoms with Crippen molar-refractivity contribution in [2.24, 2.45) is 0 Å². The summed E-state index contributed by atoms with van der Waals surface area (Å²) in [4.78, 5) is 49.9. The number of carbonyl (C=O) groups excluding carboxylic acids is 3. The van der Waals surface area contributed by atoms with Gasteiger partial charge in [-0.15, -0.1) is 6.58 Å². The van der Waals surface area contributed by atoms with Crippen LogP contribution in [0.3, 0.4) is 0 Å². The molecule has 0 aliphatic carbocycles. The SMILES string of the molecule is C=CCc1cc(/C=C2\C(=O)NC(=O)N(c3cccc([N+](=O)[O-])c3)C2=O)cc(OCC)c1OCc1ccc(Cl)cc1Cl. The molecule has 210 valence electrons. The van der Waals surface area contributed by atoms with Crippen molar-refractivity contribution in [3.8, 4) is 11.5 Å². The Morgan fingerprint density at radius 2 is 1.83 bits per heavy atom. The lowest BCUT2D eigenvalue weighted by Crippen LogP contribution is -2.54. The summed E-state index contributed by atoms with van der Waals surface area (Å²) in [5.41, 5.74) is 1.02. The van der Waals surface area contributed by atoms with Crippen LogP contribution in [0.15, 0.2) is 72.8 Å². The van der Waals surface area contributed by atoms with Gasteiger partial charge in [-0.1, -0.05) is 41.4 Å². The monoisotopic (exact) mass is 595 g/mol. The number of non-ortho nitro benzene ring substituents is 1. The highest BCUT2D eigenvalue weighted by molar-refractivity contribution is 6.39. The van der Waals surface area contributed by atoms with Crippen molar-refractivity contribution in [1.82, 2.24) is 5.32 Å². The van der Waals surface area contributed by atoms with E-state index < -0.39 is 22.8 Å². The Labute approximate surface area is 244 Å². The minimum Gasteiger partial charge on any atom is -0.490 e. The summed E-state index contributed by atoms with van der Waals surface area (Å²) in [5.74, 6) is -1.09. The van der Waals surface area contributed by atoms with Gasteiger partial charge in [0.05, 0.1) is 17.2 Å². The summed E-state index contributed by atoms with van der Waals surface area (Å²) in [6.07, 6.45) is 3.33. The summed E-state index contributed by atoms with van der Waals surface area (Å²) in [6.45, 7) is 5.99. The molecule has 1 N–H and O–H groups in total. The second-order valence-electron chi connectivity index (χ2n) is 8.69. The van der Waals surface area contributed by atoms with Crippen LogP contribution in [0.5, 0.6) is 11.5 Å². The van der Waals surface area contributed by atoms with E-state index in [1.54, 1.807) is 43.3 Å².